The van der Waals surface area contributed by atoms with E-state index in [0.29, 0.717) is 12.5 Å². The topological polar surface area (TPSA) is 78.9 Å². The maximum atomic E-state index is 12.1. The van der Waals surface area contributed by atoms with Crippen molar-refractivity contribution < 1.29 is 9.53 Å². The van der Waals surface area contributed by atoms with E-state index in [9.17, 15) is 4.79 Å². The van der Waals surface area contributed by atoms with Gasteiger partial charge in [0.25, 0.3) is 0 Å². The quantitative estimate of drug-likeness (QED) is 0.291. The van der Waals surface area contributed by atoms with Crippen molar-refractivity contribution in [2.45, 2.75) is 73.1 Å². The number of ether oxygens (including phenoxy) is 1. The number of hydrogen-bond acceptors (Lipinski definition) is 5. The molecule has 7 nitrogen and oxygen atoms in total. The summed E-state index contributed by atoms with van der Waals surface area (Å²) in [7, 11) is 2.01. The molecule has 1 heterocycles. The van der Waals surface area contributed by atoms with Gasteiger partial charge in [-0.25, -0.2) is 14.8 Å². The van der Waals surface area contributed by atoms with Gasteiger partial charge in [-0.1, -0.05) is 13.8 Å². The molecule has 29 heavy (non-hydrogen) atoms. The van der Waals surface area contributed by atoms with Gasteiger partial charge in [0.05, 0.1) is 6.54 Å². The highest BCUT2D eigenvalue weighted by atomic mass is 127. The summed E-state index contributed by atoms with van der Waals surface area (Å²) in [5, 5.41) is 7.34. The molecule has 1 aromatic heterocycles. The summed E-state index contributed by atoms with van der Waals surface area (Å²) in [6.45, 7) is 16.0. The second kappa shape index (κ2) is 13.3. The van der Waals surface area contributed by atoms with Crippen LogP contribution in [0.3, 0.4) is 0 Å². The predicted molar refractivity (Wildman–Crippen MR) is 132 cm³/mol. The third-order valence-corrected chi connectivity index (χ3v) is 4.91. The Balaban J connectivity index is 0.00000784. The van der Waals surface area contributed by atoms with E-state index in [1.54, 1.807) is 11.3 Å². The smallest absolute Gasteiger partial charge is 0.407 e. The molecule has 0 fully saturated rings. The molecule has 0 radical (unpaired) electrons. The summed E-state index contributed by atoms with van der Waals surface area (Å²) < 4.78 is 5.40. The van der Waals surface area contributed by atoms with Crippen LogP contribution in [0, 0.1) is 12.8 Å². The first-order valence-corrected chi connectivity index (χ1v) is 10.7. The van der Waals surface area contributed by atoms with Crippen LogP contribution in [0.25, 0.3) is 0 Å². The molecule has 0 aromatic carbocycles. The number of halogens is 1. The molecule has 0 saturated heterocycles. The average Bonchev–Trinajstić information content (AvgIpc) is 2.98. The Morgan fingerprint density at radius 1 is 1.38 bits per heavy atom. The van der Waals surface area contributed by atoms with Crippen molar-refractivity contribution in [1.29, 1.82) is 0 Å². The Kier molecular flexibility index (Phi) is 12.7. The van der Waals surface area contributed by atoms with Crippen molar-refractivity contribution in [3.63, 3.8) is 0 Å². The molecule has 0 aliphatic heterocycles. The SMILES string of the molecule is CCNC(=NCc1ncc(C)s1)N(C)CCC(NC(=O)OC(C)(C)C)C(C)C.I. The van der Waals surface area contributed by atoms with Crippen molar-refractivity contribution in [3.8, 4) is 0 Å². The summed E-state index contributed by atoms with van der Waals surface area (Å²) in [5.74, 6) is 1.15. The summed E-state index contributed by atoms with van der Waals surface area (Å²) in [5.41, 5.74) is -0.499. The van der Waals surface area contributed by atoms with Crippen molar-refractivity contribution in [2.24, 2.45) is 10.9 Å². The van der Waals surface area contributed by atoms with Crippen LogP contribution in [-0.2, 0) is 11.3 Å². The first-order chi connectivity index (χ1) is 13.0. The van der Waals surface area contributed by atoms with Gasteiger partial charge >= 0.3 is 6.09 Å². The van der Waals surface area contributed by atoms with E-state index in [4.69, 9.17) is 9.73 Å². The number of alkyl carbamates (subject to hydrolysis) is 1. The number of aryl methyl sites for hydroxylation is 1. The van der Waals surface area contributed by atoms with E-state index >= 15 is 0 Å². The number of thiazole rings is 1. The van der Waals surface area contributed by atoms with Gasteiger partial charge in [0.2, 0.25) is 0 Å². The lowest BCUT2D eigenvalue weighted by atomic mass is 10.0. The number of hydrogen-bond donors (Lipinski definition) is 2. The molecule has 0 spiro atoms. The fourth-order valence-electron chi connectivity index (χ4n) is 2.56. The molecule has 1 atom stereocenters. The second-order valence-electron chi connectivity index (χ2n) is 8.24. The number of nitrogens with one attached hydrogen (secondary N) is 2. The minimum absolute atomic E-state index is 0. The standard InChI is InChI=1S/C20H37N5O2S.HI/c1-9-21-18(23-13-17-22-12-15(4)28-17)25(8)11-10-16(14(2)3)24-19(26)27-20(5,6)7;/h12,14,16H,9-11,13H2,1-8H3,(H,21,23)(H,24,26);1H. The van der Waals surface area contributed by atoms with Crippen LogP contribution in [0.2, 0.25) is 0 Å². The van der Waals surface area contributed by atoms with Crippen LogP contribution in [0.1, 0.15) is 57.8 Å². The van der Waals surface area contributed by atoms with Crippen molar-refractivity contribution in [1.82, 2.24) is 20.5 Å². The lowest BCUT2D eigenvalue weighted by Gasteiger charge is -2.28. The molecule has 0 aliphatic rings. The Hall–Kier alpha value is -1.10. The second-order valence-corrected chi connectivity index (χ2v) is 9.56. The molecule has 2 N–H and O–H groups in total. The Morgan fingerprint density at radius 2 is 2.03 bits per heavy atom. The number of carbonyl (C=O) groups excluding carboxylic acids is 1. The lowest BCUT2D eigenvalue weighted by Crippen LogP contribution is -2.45. The fraction of sp³-hybridized carbons (Fsp3) is 0.750. The van der Waals surface area contributed by atoms with E-state index in [-0.39, 0.29) is 36.1 Å². The third-order valence-electron chi connectivity index (χ3n) is 4.01. The molecule has 1 amide bonds. The summed E-state index contributed by atoms with van der Waals surface area (Å²) in [4.78, 5) is 24.5. The van der Waals surface area contributed by atoms with E-state index < -0.39 is 5.60 Å². The molecule has 1 aromatic rings. The number of aliphatic imine (C=N–C) groups is 1. The van der Waals surface area contributed by atoms with Gasteiger partial charge in [0.1, 0.15) is 10.6 Å². The summed E-state index contributed by atoms with van der Waals surface area (Å²) >= 11 is 1.67. The Bertz CT molecular complexity index is 643. The lowest BCUT2D eigenvalue weighted by molar-refractivity contribution is 0.0486. The predicted octanol–water partition coefficient (Wildman–Crippen LogP) is 4.41. The van der Waals surface area contributed by atoms with Gasteiger partial charge in [0, 0.05) is 37.3 Å². The number of aromatic nitrogens is 1. The van der Waals surface area contributed by atoms with E-state index in [2.05, 4.69) is 41.3 Å². The maximum absolute atomic E-state index is 12.1. The zero-order chi connectivity index (χ0) is 21.3. The molecule has 9 heteroatoms. The van der Waals surface area contributed by atoms with Crippen molar-refractivity contribution in [2.75, 3.05) is 20.1 Å². The number of guanidine groups is 1. The normalized spacial score (nSPS) is 12.9. The van der Waals surface area contributed by atoms with Crippen molar-refractivity contribution >= 4 is 47.4 Å². The molecular formula is C20H38IN5O2S. The van der Waals surface area contributed by atoms with Crippen molar-refractivity contribution in [3.05, 3.63) is 16.1 Å². The van der Waals surface area contributed by atoms with Gasteiger partial charge in [-0.05, 0) is 47.0 Å². The van der Waals surface area contributed by atoms with Crippen LogP contribution in [-0.4, -0.2) is 53.7 Å². The largest absolute Gasteiger partial charge is 0.444 e. The zero-order valence-corrected chi connectivity index (χ0v) is 22.2. The van der Waals surface area contributed by atoms with Gasteiger partial charge < -0.3 is 20.3 Å². The number of carbonyl (C=O) groups is 1. The molecule has 168 valence electrons. The summed E-state index contributed by atoms with van der Waals surface area (Å²) in [6.07, 6.45) is 2.31. The maximum Gasteiger partial charge on any atom is 0.407 e. The van der Waals surface area contributed by atoms with E-state index in [1.807, 2.05) is 40.9 Å². The third kappa shape index (κ3) is 11.6. The van der Waals surface area contributed by atoms with Crippen LogP contribution >= 0.6 is 35.3 Å². The van der Waals surface area contributed by atoms with Crippen LogP contribution in [0.15, 0.2) is 11.2 Å². The summed E-state index contributed by atoms with van der Waals surface area (Å²) in [6, 6.07) is 0.0294. The highest BCUT2D eigenvalue weighted by molar-refractivity contribution is 14.0. The molecule has 0 bridgehead atoms. The fourth-order valence-corrected chi connectivity index (χ4v) is 3.27. The first kappa shape index (κ1) is 27.9. The minimum atomic E-state index is -0.499. The molecule has 0 aliphatic carbocycles. The van der Waals surface area contributed by atoms with Gasteiger partial charge in [-0.3, -0.25) is 0 Å². The minimum Gasteiger partial charge on any atom is -0.444 e. The Labute approximate surface area is 197 Å². The number of rotatable bonds is 8. The number of nitrogens with zero attached hydrogens (tertiary/aromatic N) is 3. The average molecular weight is 540 g/mol. The molecule has 0 saturated carbocycles. The zero-order valence-electron chi connectivity index (χ0n) is 19.0. The molecule has 1 rings (SSSR count). The van der Waals surface area contributed by atoms with E-state index in [0.717, 1.165) is 30.5 Å². The molecular weight excluding hydrogens is 501 g/mol. The van der Waals surface area contributed by atoms with E-state index in [1.165, 1.54) is 4.88 Å². The highest BCUT2D eigenvalue weighted by Crippen LogP contribution is 2.13. The van der Waals surface area contributed by atoms with Gasteiger partial charge in [-0.2, -0.15) is 0 Å². The van der Waals surface area contributed by atoms with Gasteiger partial charge in [-0.15, -0.1) is 35.3 Å². The highest BCUT2D eigenvalue weighted by Gasteiger charge is 2.22. The van der Waals surface area contributed by atoms with Crippen LogP contribution in [0.5, 0.6) is 0 Å². The number of amides is 1. The monoisotopic (exact) mass is 539 g/mol. The van der Waals surface area contributed by atoms with Crippen LogP contribution in [0.4, 0.5) is 4.79 Å². The molecule has 1 unspecified atom stereocenters. The Morgan fingerprint density at radius 3 is 2.52 bits per heavy atom. The van der Waals surface area contributed by atoms with Crippen LogP contribution < -0.4 is 10.6 Å². The first-order valence-electron chi connectivity index (χ1n) is 9.92. The van der Waals surface area contributed by atoms with Gasteiger partial charge in [0.15, 0.2) is 5.96 Å².